The second-order valence-corrected chi connectivity index (χ2v) is 7.70. The molecule has 0 aliphatic carbocycles. The number of hydrogen-bond acceptors (Lipinski definition) is 6. The summed E-state index contributed by atoms with van der Waals surface area (Å²) in [5.41, 5.74) is 0.478. The summed E-state index contributed by atoms with van der Waals surface area (Å²) < 4.78 is 11.2. The summed E-state index contributed by atoms with van der Waals surface area (Å²) in [6.45, 7) is 3.50. The minimum atomic E-state index is -0.957. The van der Waals surface area contributed by atoms with E-state index in [1.165, 1.54) is 6.07 Å². The Bertz CT molecular complexity index is 1110. The number of carbonyl (C=O) groups is 1. The largest absolute Gasteiger partial charge is 0.485 e. The van der Waals surface area contributed by atoms with Crippen LogP contribution in [-0.4, -0.2) is 27.7 Å². The highest BCUT2D eigenvalue weighted by molar-refractivity contribution is 5.81. The number of carbonyl (C=O) groups excluding carboxylic acids is 1. The number of aliphatic hydroxyl groups excluding tert-OH is 1. The Morgan fingerprint density at radius 1 is 1.24 bits per heavy atom. The number of aliphatic hydroxyl groups is 1. The quantitative estimate of drug-likeness (QED) is 0.660. The molecule has 7 nitrogen and oxygen atoms in total. The van der Waals surface area contributed by atoms with Gasteiger partial charge in [0.2, 0.25) is 5.91 Å². The zero-order chi connectivity index (χ0) is 20.6. The number of nitrogens with one attached hydrogen (secondary N) is 1. The van der Waals surface area contributed by atoms with E-state index >= 15 is 0 Å². The lowest BCUT2D eigenvalue weighted by Crippen LogP contribution is -2.53. The van der Waals surface area contributed by atoms with Gasteiger partial charge in [0.05, 0.1) is 6.04 Å². The van der Waals surface area contributed by atoms with Crippen molar-refractivity contribution in [3.63, 3.8) is 0 Å². The normalized spacial score (nSPS) is 20.0. The van der Waals surface area contributed by atoms with Gasteiger partial charge >= 0.3 is 5.63 Å². The second kappa shape index (κ2) is 7.33. The van der Waals surface area contributed by atoms with Crippen LogP contribution in [0.3, 0.4) is 0 Å². The highest BCUT2D eigenvalue weighted by atomic mass is 16.5. The number of hydrogen-bond donors (Lipinski definition) is 2. The Morgan fingerprint density at radius 3 is 2.83 bits per heavy atom. The van der Waals surface area contributed by atoms with E-state index in [0.29, 0.717) is 28.7 Å². The number of fused-ring (bicyclic) bond motifs is 2. The first-order valence-electron chi connectivity index (χ1n) is 9.48. The molecule has 1 aliphatic heterocycles. The fourth-order valence-electron chi connectivity index (χ4n) is 3.55. The molecule has 0 saturated heterocycles. The number of nitrogens with zero attached hydrogens (tertiary/aromatic N) is 1. The Hall–Kier alpha value is -3.19. The molecule has 29 heavy (non-hydrogen) atoms. The van der Waals surface area contributed by atoms with Crippen molar-refractivity contribution >= 4 is 16.9 Å². The SMILES string of the molecule is CC1(C)Oc2cc3oc(=O)ccc3cc2[C@@H](NC(=O)CCc2ccccn2)[C@@H]1O. The third-order valence-corrected chi connectivity index (χ3v) is 5.14. The monoisotopic (exact) mass is 394 g/mol. The zero-order valence-corrected chi connectivity index (χ0v) is 16.2. The van der Waals surface area contributed by atoms with E-state index in [4.69, 9.17) is 9.15 Å². The molecule has 0 saturated carbocycles. The van der Waals surface area contributed by atoms with Gasteiger partial charge in [-0.15, -0.1) is 0 Å². The van der Waals surface area contributed by atoms with Crippen molar-refractivity contribution in [2.45, 2.75) is 44.4 Å². The summed E-state index contributed by atoms with van der Waals surface area (Å²) >= 11 is 0. The highest BCUT2D eigenvalue weighted by Gasteiger charge is 2.43. The standard InChI is InChI=1S/C22H22N2O5/c1-22(2)21(27)20(24-18(25)8-7-14-5-3-4-10-23-14)15-11-13-6-9-19(26)28-16(13)12-17(15)29-22/h3-6,9-12,20-21,27H,7-8H2,1-2H3,(H,24,25)/t20-,21+/m1/s1. The van der Waals surface area contributed by atoms with Crippen molar-refractivity contribution in [1.82, 2.24) is 10.3 Å². The predicted molar refractivity (Wildman–Crippen MR) is 107 cm³/mol. The molecule has 3 aromatic rings. The molecule has 1 aromatic carbocycles. The van der Waals surface area contributed by atoms with Crippen LogP contribution >= 0.6 is 0 Å². The van der Waals surface area contributed by atoms with Crippen molar-refractivity contribution in [3.05, 3.63) is 70.3 Å². The summed E-state index contributed by atoms with van der Waals surface area (Å²) in [6.07, 6.45) is 1.49. The van der Waals surface area contributed by atoms with E-state index < -0.39 is 23.4 Å². The van der Waals surface area contributed by atoms with Gasteiger partial charge in [-0.2, -0.15) is 0 Å². The highest BCUT2D eigenvalue weighted by Crippen LogP contribution is 2.41. The molecule has 2 aromatic heterocycles. The predicted octanol–water partition coefficient (Wildman–Crippen LogP) is 2.51. The van der Waals surface area contributed by atoms with Crippen LogP contribution in [-0.2, 0) is 11.2 Å². The molecule has 0 bridgehead atoms. The molecular weight excluding hydrogens is 372 g/mol. The maximum Gasteiger partial charge on any atom is 0.336 e. The molecule has 1 aliphatic rings. The Kier molecular flexibility index (Phi) is 4.84. The summed E-state index contributed by atoms with van der Waals surface area (Å²) in [4.78, 5) is 28.4. The number of aryl methyl sites for hydroxylation is 1. The minimum absolute atomic E-state index is 0.192. The first-order chi connectivity index (χ1) is 13.8. The Morgan fingerprint density at radius 2 is 2.07 bits per heavy atom. The van der Waals surface area contributed by atoms with Gasteiger partial charge in [0.15, 0.2) is 0 Å². The van der Waals surface area contributed by atoms with Gasteiger partial charge in [0.1, 0.15) is 23.0 Å². The van der Waals surface area contributed by atoms with Crippen LogP contribution in [0.25, 0.3) is 11.0 Å². The van der Waals surface area contributed by atoms with E-state index in [1.54, 1.807) is 38.2 Å². The molecular formula is C22H22N2O5. The molecule has 7 heteroatoms. The molecule has 0 fully saturated rings. The lowest BCUT2D eigenvalue weighted by atomic mass is 9.86. The number of ether oxygens (including phenoxy) is 1. The third kappa shape index (κ3) is 3.86. The van der Waals surface area contributed by atoms with Gasteiger partial charge in [-0.25, -0.2) is 4.79 Å². The molecule has 150 valence electrons. The van der Waals surface area contributed by atoms with Crippen molar-refractivity contribution in [2.24, 2.45) is 0 Å². The van der Waals surface area contributed by atoms with E-state index in [1.807, 2.05) is 18.2 Å². The third-order valence-electron chi connectivity index (χ3n) is 5.14. The maximum absolute atomic E-state index is 12.6. The molecule has 0 spiro atoms. The summed E-state index contributed by atoms with van der Waals surface area (Å²) in [5.74, 6) is 0.278. The van der Waals surface area contributed by atoms with Crippen molar-refractivity contribution in [1.29, 1.82) is 0 Å². The number of benzene rings is 1. The van der Waals surface area contributed by atoms with E-state index in [-0.39, 0.29) is 12.3 Å². The van der Waals surface area contributed by atoms with Crippen LogP contribution in [0, 0.1) is 0 Å². The van der Waals surface area contributed by atoms with Gasteiger partial charge in [-0.05, 0) is 44.5 Å². The molecule has 0 radical (unpaired) electrons. The summed E-state index contributed by atoms with van der Waals surface area (Å²) in [7, 11) is 0. The summed E-state index contributed by atoms with van der Waals surface area (Å²) in [6, 6.07) is 11.3. The minimum Gasteiger partial charge on any atom is -0.485 e. The Balaban J connectivity index is 1.62. The van der Waals surface area contributed by atoms with Gasteiger partial charge < -0.3 is 19.6 Å². The van der Waals surface area contributed by atoms with E-state index in [0.717, 1.165) is 5.69 Å². The van der Waals surface area contributed by atoms with Crippen LogP contribution in [0.2, 0.25) is 0 Å². The molecule has 2 atom stereocenters. The van der Waals surface area contributed by atoms with Gasteiger partial charge in [-0.1, -0.05) is 6.07 Å². The fraction of sp³-hybridized carbons (Fsp3) is 0.318. The molecule has 4 rings (SSSR count). The van der Waals surface area contributed by atoms with Crippen molar-refractivity contribution in [2.75, 3.05) is 0 Å². The van der Waals surface area contributed by atoms with E-state index in [9.17, 15) is 14.7 Å². The van der Waals surface area contributed by atoms with Crippen molar-refractivity contribution in [3.8, 4) is 5.75 Å². The smallest absolute Gasteiger partial charge is 0.336 e. The average Bonchev–Trinajstić information content (AvgIpc) is 2.69. The van der Waals surface area contributed by atoms with Crippen LogP contribution in [0.4, 0.5) is 0 Å². The number of aromatic nitrogens is 1. The Labute approximate surface area is 167 Å². The second-order valence-electron chi connectivity index (χ2n) is 7.70. The average molecular weight is 394 g/mol. The topological polar surface area (TPSA) is 102 Å². The fourth-order valence-corrected chi connectivity index (χ4v) is 3.55. The van der Waals surface area contributed by atoms with Gasteiger partial charge in [-0.3, -0.25) is 9.78 Å². The van der Waals surface area contributed by atoms with Crippen LogP contribution in [0.1, 0.15) is 37.6 Å². The van der Waals surface area contributed by atoms with Gasteiger partial charge in [0, 0.05) is 41.4 Å². The lowest BCUT2D eigenvalue weighted by Gasteiger charge is -2.42. The molecule has 1 amide bonds. The zero-order valence-electron chi connectivity index (χ0n) is 16.2. The first kappa shape index (κ1) is 19.1. The van der Waals surface area contributed by atoms with E-state index in [2.05, 4.69) is 10.3 Å². The maximum atomic E-state index is 12.6. The van der Waals surface area contributed by atoms with Crippen LogP contribution in [0.5, 0.6) is 5.75 Å². The molecule has 3 heterocycles. The molecule has 0 unspecified atom stereocenters. The van der Waals surface area contributed by atoms with Crippen LogP contribution < -0.4 is 15.7 Å². The number of rotatable bonds is 4. The van der Waals surface area contributed by atoms with Crippen molar-refractivity contribution < 1.29 is 19.1 Å². The summed E-state index contributed by atoms with van der Waals surface area (Å²) in [5, 5.41) is 14.5. The number of pyridine rings is 1. The van der Waals surface area contributed by atoms with Crippen LogP contribution in [0.15, 0.2) is 57.9 Å². The number of amides is 1. The molecule has 2 N–H and O–H groups in total. The first-order valence-corrected chi connectivity index (χ1v) is 9.48. The lowest BCUT2D eigenvalue weighted by molar-refractivity contribution is -0.125. The van der Waals surface area contributed by atoms with Gasteiger partial charge in [0.25, 0.3) is 0 Å².